The molecule has 1 aromatic heterocycles. The van der Waals surface area contributed by atoms with E-state index >= 15 is 0 Å². The van der Waals surface area contributed by atoms with Crippen molar-refractivity contribution < 1.29 is 13.2 Å². The van der Waals surface area contributed by atoms with Crippen LogP contribution in [0.2, 0.25) is 0 Å². The lowest BCUT2D eigenvalue weighted by Crippen LogP contribution is -2.35. The van der Waals surface area contributed by atoms with Crippen molar-refractivity contribution in [3.8, 4) is 0 Å². The van der Waals surface area contributed by atoms with Crippen LogP contribution < -0.4 is 10.6 Å². The Labute approximate surface area is 98.4 Å². The van der Waals surface area contributed by atoms with Gasteiger partial charge in [0.25, 0.3) is 0 Å². The van der Waals surface area contributed by atoms with Crippen molar-refractivity contribution in [3.05, 3.63) is 23.9 Å². The molecule has 3 nitrogen and oxygen atoms in total. The summed E-state index contributed by atoms with van der Waals surface area (Å²) in [6.07, 6.45) is -2.77. The highest BCUT2D eigenvalue weighted by Crippen LogP contribution is 2.25. The van der Waals surface area contributed by atoms with E-state index in [2.05, 4.69) is 4.98 Å². The lowest BCUT2D eigenvalue weighted by molar-refractivity contribution is -0.119. The number of anilines is 1. The molecule has 0 radical (unpaired) electrons. The number of nitrogens with two attached hydrogens (primary N) is 1. The van der Waals surface area contributed by atoms with Crippen LogP contribution in [0.25, 0.3) is 0 Å². The number of halogens is 3. The molecule has 96 valence electrons. The van der Waals surface area contributed by atoms with Gasteiger partial charge in [-0.2, -0.15) is 13.2 Å². The predicted molar refractivity (Wildman–Crippen MR) is 60.8 cm³/mol. The smallest absolute Gasteiger partial charge is 0.348 e. The second-order valence-electron chi connectivity index (χ2n) is 3.83. The summed E-state index contributed by atoms with van der Waals surface area (Å²) >= 11 is 0. The van der Waals surface area contributed by atoms with Gasteiger partial charge in [-0.3, -0.25) is 0 Å². The zero-order chi connectivity index (χ0) is 13.1. The maximum Gasteiger partial charge on any atom is 0.405 e. The maximum absolute atomic E-state index is 12.4. The number of rotatable bonds is 4. The van der Waals surface area contributed by atoms with Gasteiger partial charge in [0.1, 0.15) is 12.4 Å². The van der Waals surface area contributed by atoms with Crippen LogP contribution in [-0.4, -0.2) is 24.2 Å². The second kappa shape index (κ2) is 5.35. The van der Waals surface area contributed by atoms with E-state index in [4.69, 9.17) is 5.73 Å². The van der Waals surface area contributed by atoms with Crippen LogP contribution in [0.5, 0.6) is 0 Å². The van der Waals surface area contributed by atoms with Gasteiger partial charge >= 0.3 is 6.18 Å². The average molecular weight is 247 g/mol. The summed E-state index contributed by atoms with van der Waals surface area (Å²) in [5.74, 6) is 0.308. The lowest BCUT2D eigenvalue weighted by atomic mass is 10.1. The summed E-state index contributed by atoms with van der Waals surface area (Å²) in [4.78, 5) is 5.18. The fourth-order valence-electron chi connectivity index (χ4n) is 1.58. The third kappa shape index (κ3) is 3.89. The normalized spacial score (nSPS) is 13.5. The van der Waals surface area contributed by atoms with Crippen LogP contribution in [0.15, 0.2) is 18.3 Å². The minimum Gasteiger partial charge on any atom is -0.348 e. The second-order valence-corrected chi connectivity index (χ2v) is 3.83. The van der Waals surface area contributed by atoms with Crippen molar-refractivity contribution in [1.82, 2.24) is 4.98 Å². The van der Waals surface area contributed by atoms with Gasteiger partial charge in [-0.1, -0.05) is 6.07 Å². The largest absolute Gasteiger partial charge is 0.405 e. The molecular weight excluding hydrogens is 231 g/mol. The van der Waals surface area contributed by atoms with E-state index in [1.807, 2.05) is 0 Å². The lowest BCUT2D eigenvalue weighted by Gasteiger charge is -2.26. The summed E-state index contributed by atoms with van der Waals surface area (Å²) in [7, 11) is 0. The molecule has 0 aromatic carbocycles. The zero-order valence-corrected chi connectivity index (χ0v) is 9.83. The summed E-state index contributed by atoms with van der Waals surface area (Å²) in [5, 5.41) is 0. The minimum atomic E-state index is -4.25. The van der Waals surface area contributed by atoms with Crippen LogP contribution in [0, 0.1) is 0 Å². The van der Waals surface area contributed by atoms with Gasteiger partial charge in [0.2, 0.25) is 0 Å². The number of hydrogen-bond acceptors (Lipinski definition) is 3. The van der Waals surface area contributed by atoms with Crippen LogP contribution in [0.4, 0.5) is 19.0 Å². The first-order valence-electron chi connectivity index (χ1n) is 5.37. The summed E-state index contributed by atoms with van der Waals surface area (Å²) in [5.41, 5.74) is 6.35. The molecule has 2 N–H and O–H groups in total. The molecule has 1 aromatic rings. The fraction of sp³-hybridized carbons (Fsp3) is 0.545. The molecule has 0 aliphatic rings. The van der Waals surface area contributed by atoms with Crippen LogP contribution in [0.3, 0.4) is 0 Å². The highest BCUT2D eigenvalue weighted by molar-refractivity contribution is 5.48. The van der Waals surface area contributed by atoms with E-state index in [1.165, 1.54) is 11.1 Å². The van der Waals surface area contributed by atoms with Gasteiger partial charge in [-0.15, -0.1) is 0 Å². The van der Waals surface area contributed by atoms with Gasteiger partial charge < -0.3 is 10.6 Å². The first-order valence-corrected chi connectivity index (χ1v) is 5.37. The van der Waals surface area contributed by atoms with Crippen molar-refractivity contribution in [2.45, 2.75) is 26.1 Å². The number of alkyl halides is 3. The van der Waals surface area contributed by atoms with Crippen LogP contribution in [0.1, 0.15) is 25.5 Å². The fourth-order valence-corrected chi connectivity index (χ4v) is 1.58. The summed E-state index contributed by atoms with van der Waals surface area (Å²) in [6.45, 7) is 2.60. The van der Waals surface area contributed by atoms with Crippen LogP contribution in [-0.2, 0) is 0 Å². The van der Waals surface area contributed by atoms with E-state index in [-0.39, 0.29) is 12.6 Å². The Kier molecular flexibility index (Phi) is 4.34. The van der Waals surface area contributed by atoms with Crippen molar-refractivity contribution >= 4 is 5.82 Å². The number of nitrogens with zero attached hydrogens (tertiary/aromatic N) is 2. The van der Waals surface area contributed by atoms with Crippen molar-refractivity contribution in [1.29, 1.82) is 0 Å². The first kappa shape index (κ1) is 13.8. The van der Waals surface area contributed by atoms with Crippen molar-refractivity contribution in [2.75, 3.05) is 18.0 Å². The molecule has 0 amide bonds. The van der Waals surface area contributed by atoms with Crippen molar-refractivity contribution in [3.63, 3.8) is 0 Å². The highest BCUT2D eigenvalue weighted by atomic mass is 19.4. The molecule has 0 aliphatic carbocycles. The number of hydrogen-bond donors (Lipinski definition) is 1. The number of pyridine rings is 1. The third-order valence-electron chi connectivity index (χ3n) is 2.36. The summed E-state index contributed by atoms with van der Waals surface area (Å²) < 4.78 is 37.2. The van der Waals surface area contributed by atoms with E-state index in [1.54, 1.807) is 26.0 Å². The molecule has 0 unspecified atom stereocenters. The molecule has 0 bridgehead atoms. The van der Waals surface area contributed by atoms with Gasteiger partial charge in [0.05, 0.1) is 0 Å². The molecule has 0 saturated heterocycles. The molecule has 0 fully saturated rings. The topological polar surface area (TPSA) is 42.2 Å². The highest BCUT2D eigenvalue weighted by Gasteiger charge is 2.31. The molecule has 0 saturated carbocycles. The average Bonchev–Trinajstić information content (AvgIpc) is 2.24. The first-order chi connectivity index (χ1) is 7.85. The SMILES string of the molecule is CCN(CC(F)(F)F)c1ncccc1[C@H](C)N. The molecule has 6 heteroatoms. The third-order valence-corrected chi connectivity index (χ3v) is 2.36. The zero-order valence-electron chi connectivity index (χ0n) is 9.83. The van der Waals surface area contributed by atoms with Gasteiger partial charge in [-0.25, -0.2) is 4.98 Å². The number of aromatic nitrogens is 1. The predicted octanol–water partition coefficient (Wildman–Crippen LogP) is 2.49. The Hall–Kier alpha value is -1.30. The summed E-state index contributed by atoms with van der Waals surface area (Å²) in [6, 6.07) is 3.02. The molecule has 0 aliphatic heterocycles. The van der Waals surface area contributed by atoms with Gasteiger partial charge in [-0.05, 0) is 19.9 Å². The van der Waals surface area contributed by atoms with E-state index in [0.29, 0.717) is 11.4 Å². The molecule has 1 atom stereocenters. The van der Waals surface area contributed by atoms with E-state index in [0.717, 1.165) is 0 Å². The quantitative estimate of drug-likeness (QED) is 0.888. The van der Waals surface area contributed by atoms with Gasteiger partial charge in [0.15, 0.2) is 0 Å². The van der Waals surface area contributed by atoms with Gasteiger partial charge in [0, 0.05) is 24.3 Å². The molecule has 1 rings (SSSR count). The monoisotopic (exact) mass is 247 g/mol. The van der Waals surface area contributed by atoms with E-state index in [9.17, 15) is 13.2 Å². The molecule has 1 heterocycles. The Morgan fingerprint density at radius 2 is 2.12 bits per heavy atom. The molecule has 0 spiro atoms. The van der Waals surface area contributed by atoms with E-state index < -0.39 is 12.7 Å². The molecular formula is C11H16F3N3. The maximum atomic E-state index is 12.4. The van der Waals surface area contributed by atoms with Crippen molar-refractivity contribution in [2.24, 2.45) is 5.73 Å². The Morgan fingerprint density at radius 1 is 1.47 bits per heavy atom. The Bertz CT molecular complexity index is 363. The van der Waals surface area contributed by atoms with Crippen LogP contribution >= 0.6 is 0 Å². The Balaban J connectivity index is 3.03. The minimum absolute atomic E-state index is 0.232. The molecule has 17 heavy (non-hydrogen) atoms. The Morgan fingerprint density at radius 3 is 2.59 bits per heavy atom. The standard InChI is InChI=1S/C11H16F3N3/c1-3-17(7-11(12,13)14)10-9(8(2)15)5-4-6-16-10/h4-6,8H,3,7,15H2,1-2H3/t8-/m0/s1.